The van der Waals surface area contributed by atoms with Gasteiger partial charge in [0.2, 0.25) is 41.4 Å². The van der Waals surface area contributed by atoms with Crippen LogP contribution in [0.3, 0.4) is 0 Å². The zero-order chi connectivity index (χ0) is 40.0. The van der Waals surface area contributed by atoms with Gasteiger partial charge in [0.1, 0.15) is 36.3 Å². The number of hydrogen-bond acceptors (Lipinski definition) is 12. The smallest absolute Gasteiger partial charge is 0.328 e. The minimum absolute atomic E-state index is 0.00536. The van der Waals surface area contributed by atoms with E-state index in [-0.39, 0.29) is 57.2 Å². The van der Waals surface area contributed by atoms with Crippen molar-refractivity contribution < 1.29 is 58.0 Å². The molecule has 0 aromatic heterocycles. The maximum atomic E-state index is 13.7. The molecule has 0 saturated carbocycles. The van der Waals surface area contributed by atoms with E-state index in [0.29, 0.717) is 6.42 Å². The van der Waals surface area contributed by atoms with Gasteiger partial charge in [0.25, 0.3) is 0 Å². The molecule has 2 rings (SSSR count). The van der Waals surface area contributed by atoms with Crippen LogP contribution in [0.15, 0.2) is 0 Å². The fourth-order valence-corrected chi connectivity index (χ4v) is 6.05. The van der Waals surface area contributed by atoms with Crippen molar-refractivity contribution in [2.75, 3.05) is 33.4 Å². The highest BCUT2D eigenvalue weighted by molar-refractivity contribution is 5.97. The second kappa shape index (κ2) is 21.4. The number of fused-ring (bicyclic) bond motifs is 2. The first kappa shape index (κ1) is 44.8. The summed E-state index contributed by atoms with van der Waals surface area (Å²) in [4.78, 5) is 106. The third-order valence-electron chi connectivity index (χ3n) is 8.69. The van der Waals surface area contributed by atoms with Gasteiger partial charge in [0.05, 0.1) is 32.5 Å². The van der Waals surface area contributed by atoms with E-state index in [9.17, 15) is 48.6 Å². The van der Waals surface area contributed by atoms with Crippen molar-refractivity contribution in [1.82, 2.24) is 36.8 Å². The summed E-state index contributed by atoms with van der Waals surface area (Å²) >= 11 is 0. The summed E-state index contributed by atoms with van der Waals surface area (Å²) < 4.78 is 10.7. The zero-order valence-electron chi connectivity index (χ0n) is 31.6. The molecule has 2 aliphatic rings. The van der Waals surface area contributed by atoms with Crippen molar-refractivity contribution in [1.29, 1.82) is 0 Å². The fourth-order valence-electron chi connectivity index (χ4n) is 6.05. The minimum atomic E-state index is -1.68. The van der Waals surface area contributed by atoms with Gasteiger partial charge in [0.15, 0.2) is 0 Å². The molecule has 0 spiro atoms. The number of aliphatic hydroxyl groups excluding tert-OH is 2. The lowest BCUT2D eigenvalue weighted by molar-refractivity contribution is -0.153. The third-order valence-corrected chi connectivity index (χ3v) is 8.69. The number of aliphatic hydroxyl groups is 2. The van der Waals surface area contributed by atoms with Gasteiger partial charge in [-0.25, -0.2) is 4.79 Å². The molecule has 19 heteroatoms. The van der Waals surface area contributed by atoms with E-state index >= 15 is 0 Å². The van der Waals surface area contributed by atoms with Crippen molar-refractivity contribution in [2.24, 2.45) is 11.8 Å². The molecule has 0 aromatic rings. The maximum Gasteiger partial charge on any atom is 0.328 e. The lowest BCUT2D eigenvalue weighted by atomic mass is 9.99. The predicted octanol–water partition coefficient (Wildman–Crippen LogP) is -3.04. The van der Waals surface area contributed by atoms with E-state index < -0.39 is 102 Å². The third kappa shape index (κ3) is 14.2. The number of carbonyl (C=O) groups excluding carboxylic acids is 8. The number of rotatable bonds is 12. The molecule has 0 radical (unpaired) electrons. The van der Waals surface area contributed by atoms with Crippen molar-refractivity contribution in [3.05, 3.63) is 0 Å². The number of carbonyl (C=O) groups is 8. The van der Waals surface area contributed by atoms with Gasteiger partial charge in [-0.15, -0.1) is 0 Å². The molecule has 2 aliphatic heterocycles. The Morgan fingerprint density at radius 3 is 2.11 bits per heavy atom. The molecular weight excluding hydrogens is 698 g/mol. The van der Waals surface area contributed by atoms with Crippen LogP contribution < -0.4 is 31.9 Å². The van der Waals surface area contributed by atoms with E-state index in [4.69, 9.17) is 9.47 Å². The van der Waals surface area contributed by atoms with Crippen molar-refractivity contribution in [2.45, 2.75) is 122 Å². The van der Waals surface area contributed by atoms with Crippen molar-refractivity contribution >= 4 is 47.3 Å². The Balaban J connectivity index is 2.39. The number of nitrogens with one attached hydrogen (secondary N) is 6. The van der Waals surface area contributed by atoms with E-state index in [1.165, 1.54) is 13.8 Å². The summed E-state index contributed by atoms with van der Waals surface area (Å²) in [6.45, 7) is 8.85. The van der Waals surface area contributed by atoms with Gasteiger partial charge in [-0.1, -0.05) is 27.7 Å². The minimum Gasteiger partial charge on any atom is -0.467 e. The lowest BCUT2D eigenvalue weighted by Gasteiger charge is -2.30. The van der Waals surface area contributed by atoms with Crippen molar-refractivity contribution in [3.63, 3.8) is 0 Å². The van der Waals surface area contributed by atoms with Crippen LogP contribution >= 0.6 is 0 Å². The highest BCUT2D eigenvalue weighted by Gasteiger charge is 2.44. The summed E-state index contributed by atoms with van der Waals surface area (Å²) in [6.07, 6.45) is -2.17. The number of nitrogens with zero attached hydrogens (tertiary/aromatic N) is 1. The second-order valence-corrected chi connectivity index (χ2v) is 14.3. The molecule has 300 valence electrons. The van der Waals surface area contributed by atoms with Gasteiger partial charge in [-0.3, -0.25) is 33.6 Å². The van der Waals surface area contributed by atoms with E-state index in [2.05, 4.69) is 31.9 Å². The first-order chi connectivity index (χ1) is 24.9. The standard InChI is InChI=1S/C34H57N7O12/c1-17(2)12-23(36-20(6)44)30(47)38-24(13-18(3)4)31(48)37-22-8-9-27(45)35-10-11-53-21-14-26(34(51)52-7)41(15-21)33(50)28(19(5)43)40-32(49)25(16-42)39-29(22)46/h17-19,21-26,28,42-43H,8-16H2,1-7H3,(H,35,45)(H,36,44)(H,37,48)(H,38,47)(H,39,46)(H,40,49)/t19-,21-,22+,23+,24+,25+,26+,28+/m1/s1. The molecular formula is C34H57N7O12. The van der Waals surface area contributed by atoms with Crippen LogP contribution in [-0.2, 0) is 47.8 Å². The molecule has 0 aromatic carbocycles. The van der Waals surface area contributed by atoms with Gasteiger partial charge in [-0.05, 0) is 38.0 Å². The molecule has 8 N–H and O–H groups in total. The average molecular weight is 756 g/mol. The largest absolute Gasteiger partial charge is 0.467 e. The lowest BCUT2D eigenvalue weighted by Crippen LogP contribution is -2.61. The Hall–Kier alpha value is -4.36. The first-order valence-electron chi connectivity index (χ1n) is 17.9. The molecule has 7 amide bonds. The van der Waals surface area contributed by atoms with Crippen LogP contribution in [0.4, 0.5) is 0 Å². The molecule has 0 unspecified atom stereocenters. The summed E-state index contributed by atoms with van der Waals surface area (Å²) in [7, 11) is 1.15. The van der Waals surface area contributed by atoms with Crippen LogP contribution in [0.25, 0.3) is 0 Å². The highest BCUT2D eigenvalue weighted by atomic mass is 16.5. The van der Waals surface area contributed by atoms with Gasteiger partial charge in [0, 0.05) is 32.9 Å². The number of hydrogen-bond donors (Lipinski definition) is 8. The van der Waals surface area contributed by atoms with E-state index in [1.54, 1.807) is 0 Å². The second-order valence-electron chi connectivity index (χ2n) is 14.3. The Morgan fingerprint density at radius 2 is 1.57 bits per heavy atom. The van der Waals surface area contributed by atoms with Crippen LogP contribution in [0, 0.1) is 11.8 Å². The average Bonchev–Trinajstić information content (AvgIpc) is 3.51. The number of ether oxygens (including phenoxy) is 2. The number of methoxy groups -OCH3 is 1. The maximum absolute atomic E-state index is 13.7. The quantitative estimate of drug-likeness (QED) is 0.0925. The van der Waals surface area contributed by atoms with Gasteiger partial charge < -0.3 is 56.5 Å². The van der Waals surface area contributed by atoms with Crippen LogP contribution in [-0.4, -0.2) is 144 Å². The Labute approximate surface area is 309 Å². The Bertz CT molecular complexity index is 1330. The van der Waals surface area contributed by atoms with E-state index in [1.807, 2.05) is 27.7 Å². The number of esters is 1. The normalized spacial score (nSPS) is 25.2. The molecule has 2 bridgehead atoms. The molecule has 8 atom stereocenters. The van der Waals surface area contributed by atoms with Crippen molar-refractivity contribution in [3.8, 4) is 0 Å². The molecule has 0 aliphatic carbocycles. The van der Waals surface area contributed by atoms with Gasteiger partial charge in [-0.2, -0.15) is 0 Å². The van der Waals surface area contributed by atoms with Crippen LogP contribution in [0.2, 0.25) is 0 Å². The summed E-state index contributed by atoms with van der Waals surface area (Å²) in [5, 5.41) is 35.8. The van der Waals surface area contributed by atoms with Gasteiger partial charge >= 0.3 is 5.97 Å². The summed E-state index contributed by atoms with van der Waals surface area (Å²) in [5.74, 6) is -6.02. The summed E-state index contributed by atoms with van der Waals surface area (Å²) in [5.41, 5.74) is 0. The monoisotopic (exact) mass is 755 g/mol. The fraction of sp³-hybridized carbons (Fsp3) is 0.765. The Kier molecular flexibility index (Phi) is 18.1. The van der Waals surface area contributed by atoms with Crippen LogP contribution in [0.1, 0.15) is 73.6 Å². The Morgan fingerprint density at radius 1 is 0.943 bits per heavy atom. The molecule has 2 fully saturated rings. The first-order valence-corrected chi connectivity index (χ1v) is 17.9. The molecule has 2 saturated heterocycles. The topological polar surface area (TPSA) is 271 Å². The van der Waals surface area contributed by atoms with Crippen LogP contribution in [0.5, 0.6) is 0 Å². The van der Waals surface area contributed by atoms with E-state index in [0.717, 1.165) is 12.0 Å². The molecule has 53 heavy (non-hydrogen) atoms. The highest BCUT2D eigenvalue weighted by Crippen LogP contribution is 2.23. The SMILES string of the molecule is COC(=O)[C@@H]1C[C@@H]2CN1C(=O)[C@H]([C@@H](C)O)NC(=O)[C@H](CO)NC(=O)[C@@H](NC(=O)[C@H](CC(C)C)NC(=O)[C@H](CC(C)C)NC(C)=O)CCC(=O)NCCO2. The summed E-state index contributed by atoms with van der Waals surface area (Å²) in [6, 6.07) is -7.93. The predicted molar refractivity (Wildman–Crippen MR) is 187 cm³/mol. The molecule has 19 nitrogen and oxygen atoms in total. The number of amides is 7. The zero-order valence-corrected chi connectivity index (χ0v) is 31.6. The molecule has 2 heterocycles.